The topological polar surface area (TPSA) is 90.7 Å². The van der Waals surface area contributed by atoms with Gasteiger partial charge in [-0.2, -0.15) is 0 Å². The number of anilines is 1. The van der Waals surface area contributed by atoms with Crippen molar-refractivity contribution in [2.75, 3.05) is 19.5 Å². The molecule has 0 aliphatic heterocycles. The summed E-state index contributed by atoms with van der Waals surface area (Å²) in [5.41, 5.74) is 7.77. The minimum absolute atomic E-state index is 0.231. The normalized spacial score (nSPS) is 16.0. The van der Waals surface area contributed by atoms with E-state index >= 15 is 0 Å². The number of ether oxygens (including phenoxy) is 2. The summed E-state index contributed by atoms with van der Waals surface area (Å²) in [5.74, 6) is 0.744. The molecule has 1 aromatic heterocycles. The zero-order chi connectivity index (χ0) is 22.1. The van der Waals surface area contributed by atoms with Crippen LogP contribution in [0, 0.1) is 11.3 Å². The molecule has 7 heteroatoms. The molecule has 2 aromatic rings. The third kappa shape index (κ3) is 4.31. The second-order valence-corrected chi connectivity index (χ2v) is 9.51. The highest BCUT2D eigenvalue weighted by Gasteiger charge is 2.35. The molecule has 0 radical (unpaired) electrons. The van der Waals surface area contributed by atoms with Crippen LogP contribution in [-0.4, -0.2) is 26.0 Å². The third-order valence-corrected chi connectivity index (χ3v) is 7.54. The average Bonchev–Trinajstić information content (AvgIpc) is 3.10. The summed E-state index contributed by atoms with van der Waals surface area (Å²) >= 11 is 1.47. The summed E-state index contributed by atoms with van der Waals surface area (Å²) in [4.78, 5) is 26.3. The van der Waals surface area contributed by atoms with Gasteiger partial charge >= 0.3 is 0 Å². The maximum atomic E-state index is 12.9. The first-order chi connectivity index (χ1) is 14.2. The van der Waals surface area contributed by atoms with Crippen molar-refractivity contribution < 1.29 is 19.1 Å². The van der Waals surface area contributed by atoms with E-state index in [1.807, 2.05) is 0 Å². The molecular weight excluding hydrogens is 400 g/mol. The van der Waals surface area contributed by atoms with E-state index in [-0.39, 0.29) is 11.3 Å². The number of carbonyl (C=O) groups excluding carboxylic acids is 2. The Morgan fingerprint density at radius 1 is 1.20 bits per heavy atom. The molecule has 3 rings (SSSR count). The highest BCUT2D eigenvalue weighted by Crippen LogP contribution is 2.45. The van der Waals surface area contributed by atoms with Crippen LogP contribution in [0.5, 0.6) is 11.5 Å². The van der Waals surface area contributed by atoms with Crippen LogP contribution in [0.2, 0.25) is 0 Å². The predicted molar refractivity (Wildman–Crippen MR) is 120 cm³/mol. The van der Waals surface area contributed by atoms with Crippen LogP contribution in [0.4, 0.5) is 5.00 Å². The fraction of sp³-hybridized carbons (Fsp3) is 0.478. The van der Waals surface area contributed by atoms with Gasteiger partial charge in [0.05, 0.1) is 19.8 Å². The number of benzene rings is 1. The van der Waals surface area contributed by atoms with E-state index in [1.54, 1.807) is 18.2 Å². The molecule has 162 valence electrons. The quantitative estimate of drug-likeness (QED) is 0.668. The summed E-state index contributed by atoms with van der Waals surface area (Å²) < 4.78 is 10.5. The van der Waals surface area contributed by atoms with Gasteiger partial charge in [0, 0.05) is 16.5 Å². The second kappa shape index (κ2) is 8.68. The number of hydrogen-bond acceptors (Lipinski definition) is 5. The van der Waals surface area contributed by atoms with Gasteiger partial charge in [-0.15, -0.1) is 11.3 Å². The Hall–Kier alpha value is -2.54. The first-order valence-corrected chi connectivity index (χ1v) is 11.0. The number of fused-ring (bicyclic) bond motifs is 1. The standard InChI is InChI=1S/C23H30N2O4S/c1-6-23(2,3)14-7-8-17-18(11-14)30-22(19(17)20(24)26)25-21(27)13-9-15(28-4)12-16(10-13)29-5/h9-10,12,14H,6-8,11H2,1-5H3,(H2,24,26)(H,25,27)/t14-/m0/s1. The number of nitrogens with one attached hydrogen (secondary N) is 1. The van der Waals surface area contributed by atoms with Crippen LogP contribution >= 0.6 is 11.3 Å². The summed E-state index contributed by atoms with van der Waals surface area (Å²) in [6.07, 6.45) is 3.83. The molecular formula is C23H30N2O4S. The Labute approximate surface area is 181 Å². The van der Waals surface area contributed by atoms with Gasteiger partial charge in [-0.05, 0) is 48.3 Å². The first kappa shape index (κ1) is 22.2. The zero-order valence-electron chi connectivity index (χ0n) is 18.3. The van der Waals surface area contributed by atoms with Crippen molar-refractivity contribution in [1.29, 1.82) is 0 Å². The van der Waals surface area contributed by atoms with Gasteiger partial charge in [0.2, 0.25) is 0 Å². The number of nitrogens with two attached hydrogens (primary N) is 1. The summed E-state index contributed by atoms with van der Waals surface area (Å²) in [7, 11) is 3.06. The fourth-order valence-corrected chi connectivity index (χ4v) is 5.33. The van der Waals surface area contributed by atoms with Gasteiger partial charge in [-0.1, -0.05) is 27.2 Å². The average molecular weight is 431 g/mol. The maximum absolute atomic E-state index is 12.9. The van der Waals surface area contributed by atoms with Gasteiger partial charge in [-0.3, -0.25) is 9.59 Å². The molecule has 1 aliphatic carbocycles. The Balaban J connectivity index is 1.92. The van der Waals surface area contributed by atoms with E-state index < -0.39 is 5.91 Å². The molecule has 0 spiro atoms. The Kier molecular flexibility index (Phi) is 6.41. The van der Waals surface area contributed by atoms with E-state index in [1.165, 1.54) is 25.6 Å². The molecule has 1 atom stereocenters. The number of primary amides is 1. The van der Waals surface area contributed by atoms with E-state index in [4.69, 9.17) is 15.2 Å². The lowest BCUT2D eigenvalue weighted by Crippen LogP contribution is -2.29. The van der Waals surface area contributed by atoms with E-state index in [0.717, 1.165) is 36.1 Å². The number of thiophene rings is 1. The van der Waals surface area contributed by atoms with Crippen molar-refractivity contribution >= 4 is 28.2 Å². The molecule has 3 N–H and O–H groups in total. The lowest BCUT2D eigenvalue weighted by molar-refractivity contribution is 0.0999. The molecule has 1 heterocycles. The SMILES string of the molecule is CCC(C)(C)[C@H]1CCc2c(sc(NC(=O)c3cc(OC)cc(OC)c3)c2C(N)=O)C1. The fourth-order valence-electron chi connectivity index (χ4n) is 4.00. The van der Waals surface area contributed by atoms with Crippen LogP contribution in [0.3, 0.4) is 0 Å². The van der Waals surface area contributed by atoms with Gasteiger partial charge in [-0.25, -0.2) is 0 Å². The minimum atomic E-state index is -0.501. The van der Waals surface area contributed by atoms with Crippen molar-refractivity contribution in [1.82, 2.24) is 0 Å². The van der Waals surface area contributed by atoms with Crippen molar-refractivity contribution in [3.8, 4) is 11.5 Å². The Bertz CT molecular complexity index is 942. The summed E-state index contributed by atoms with van der Waals surface area (Å²) in [6.45, 7) is 6.81. The van der Waals surface area contributed by atoms with Crippen LogP contribution in [0.1, 0.15) is 64.8 Å². The van der Waals surface area contributed by atoms with Gasteiger partial charge in [0.25, 0.3) is 11.8 Å². The molecule has 0 bridgehead atoms. The third-order valence-electron chi connectivity index (χ3n) is 6.37. The van der Waals surface area contributed by atoms with Gasteiger partial charge < -0.3 is 20.5 Å². The minimum Gasteiger partial charge on any atom is -0.497 e. The number of carbonyl (C=O) groups is 2. The lowest BCUT2D eigenvalue weighted by Gasteiger charge is -2.36. The zero-order valence-corrected chi connectivity index (χ0v) is 19.1. The number of amides is 2. The highest BCUT2D eigenvalue weighted by atomic mass is 32.1. The number of methoxy groups -OCH3 is 2. The monoisotopic (exact) mass is 430 g/mol. The Morgan fingerprint density at radius 3 is 2.37 bits per heavy atom. The lowest BCUT2D eigenvalue weighted by atomic mass is 9.69. The summed E-state index contributed by atoms with van der Waals surface area (Å²) in [6, 6.07) is 4.97. The van der Waals surface area contributed by atoms with Crippen LogP contribution in [0.25, 0.3) is 0 Å². The van der Waals surface area contributed by atoms with Gasteiger partial charge in [0.1, 0.15) is 16.5 Å². The van der Waals surface area contributed by atoms with Crippen LogP contribution < -0.4 is 20.5 Å². The van der Waals surface area contributed by atoms with Crippen LogP contribution in [-0.2, 0) is 12.8 Å². The molecule has 1 aromatic carbocycles. The largest absolute Gasteiger partial charge is 0.497 e. The molecule has 30 heavy (non-hydrogen) atoms. The Morgan fingerprint density at radius 2 is 1.83 bits per heavy atom. The van der Waals surface area contributed by atoms with Crippen molar-refractivity contribution in [3.05, 3.63) is 39.8 Å². The molecule has 0 unspecified atom stereocenters. The molecule has 0 saturated heterocycles. The molecule has 1 aliphatic rings. The second-order valence-electron chi connectivity index (χ2n) is 8.41. The predicted octanol–water partition coefficient (Wildman–Crippen LogP) is 4.66. The van der Waals surface area contributed by atoms with Crippen molar-refractivity contribution in [2.24, 2.45) is 17.1 Å². The van der Waals surface area contributed by atoms with Crippen LogP contribution in [0.15, 0.2) is 18.2 Å². The van der Waals surface area contributed by atoms with E-state index in [2.05, 4.69) is 26.1 Å². The molecule has 2 amide bonds. The van der Waals surface area contributed by atoms with Crippen molar-refractivity contribution in [3.63, 3.8) is 0 Å². The number of rotatable bonds is 7. The summed E-state index contributed by atoms with van der Waals surface area (Å²) in [5, 5.41) is 3.43. The highest BCUT2D eigenvalue weighted by molar-refractivity contribution is 7.17. The van der Waals surface area contributed by atoms with E-state index in [0.29, 0.717) is 33.5 Å². The molecule has 0 saturated carbocycles. The van der Waals surface area contributed by atoms with Gasteiger partial charge in [0.15, 0.2) is 0 Å². The molecule has 6 nitrogen and oxygen atoms in total. The molecule has 0 fully saturated rings. The smallest absolute Gasteiger partial charge is 0.256 e. The first-order valence-electron chi connectivity index (χ1n) is 10.2. The number of hydrogen-bond donors (Lipinski definition) is 2. The van der Waals surface area contributed by atoms with E-state index in [9.17, 15) is 9.59 Å². The maximum Gasteiger partial charge on any atom is 0.256 e. The van der Waals surface area contributed by atoms with Crippen molar-refractivity contribution in [2.45, 2.75) is 46.5 Å².